The van der Waals surface area contributed by atoms with Crippen molar-refractivity contribution in [3.8, 4) is 17.3 Å². The van der Waals surface area contributed by atoms with E-state index >= 15 is 0 Å². The van der Waals surface area contributed by atoms with Gasteiger partial charge in [-0.2, -0.15) is 5.26 Å². The minimum atomic E-state index is -0.220. The molecular formula is C29H30FN7O. The number of nitrogens with one attached hydrogen (secondary N) is 1. The zero-order valence-corrected chi connectivity index (χ0v) is 21.2. The maximum atomic E-state index is 13.9. The molecule has 0 aliphatic carbocycles. The van der Waals surface area contributed by atoms with Gasteiger partial charge in [-0.3, -0.25) is 4.90 Å². The van der Waals surface area contributed by atoms with E-state index in [4.69, 9.17) is 9.84 Å². The molecule has 194 valence electrons. The molecule has 6 rings (SSSR count). The lowest BCUT2D eigenvalue weighted by Gasteiger charge is -2.26. The fourth-order valence-corrected chi connectivity index (χ4v) is 5.44. The summed E-state index contributed by atoms with van der Waals surface area (Å²) in [5.74, 6) is 0.604. The monoisotopic (exact) mass is 511 g/mol. The smallest absolute Gasteiger partial charge is 0.154 e. The largest absolute Gasteiger partial charge is 0.383 e. The third-order valence-corrected chi connectivity index (χ3v) is 7.41. The van der Waals surface area contributed by atoms with Gasteiger partial charge in [-0.15, -0.1) is 5.10 Å². The lowest BCUT2D eigenvalue weighted by molar-refractivity contribution is 0.0398. The Morgan fingerprint density at radius 2 is 1.97 bits per heavy atom. The van der Waals surface area contributed by atoms with Crippen LogP contribution in [0.15, 0.2) is 60.8 Å². The highest BCUT2D eigenvalue weighted by Crippen LogP contribution is 2.36. The normalized spacial score (nSPS) is 18.1. The number of imidazole rings is 1. The van der Waals surface area contributed by atoms with Crippen molar-refractivity contribution in [1.29, 1.82) is 5.26 Å². The number of hydrogen-bond donors (Lipinski definition) is 1. The molecule has 0 radical (unpaired) electrons. The molecule has 2 saturated heterocycles. The highest BCUT2D eigenvalue weighted by Gasteiger charge is 2.28. The molecule has 2 aromatic heterocycles. The molecule has 0 bridgehead atoms. The fraction of sp³-hybridized carbons (Fsp3) is 0.345. The summed E-state index contributed by atoms with van der Waals surface area (Å²) in [4.78, 5) is 9.14. The number of halogens is 1. The number of nitrogens with zero attached hydrogens (tertiary/aromatic N) is 6. The van der Waals surface area contributed by atoms with E-state index in [2.05, 4.69) is 26.2 Å². The van der Waals surface area contributed by atoms with Crippen LogP contribution in [0.5, 0.6) is 0 Å². The van der Waals surface area contributed by atoms with Crippen LogP contribution in [-0.2, 0) is 4.74 Å². The van der Waals surface area contributed by atoms with E-state index in [-0.39, 0.29) is 11.9 Å². The van der Waals surface area contributed by atoms with Crippen molar-refractivity contribution in [3.63, 3.8) is 0 Å². The van der Waals surface area contributed by atoms with E-state index in [1.165, 1.54) is 6.07 Å². The van der Waals surface area contributed by atoms with E-state index in [1.807, 2.05) is 40.9 Å². The van der Waals surface area contributed by atoms with Crippen LogP contribution in [0.25, 0.3) is 16.9 Å². The molecule has 0 spiro atoms. The maximum Gasteiger partial charge on any atom is 0.154 e. The van der Waals surface area contributed by atoms with E-state index in [0.29, 0.717) is 5.56 Å². The van der Waals surface area contributed by atoms with Gasteiger partial charge in [-0.25, -0.2) is 13.9 Å². The van der Waals surface area contributed by atoms with E-state index in [0.717, 1.165) is 92.8 Å². The lowest BCUT2D eigenvalue weighted by atomic mass is 10.0. The Hall–Kier alpha value is -4.00. The summed E-state index contributed by atoms with van der Waals surface area (Å²) in [6.07, 6.45) is 3.76. The minimum Gasteiger partial charge on any atom is -0.383 e. The van der Waals surface area contributed by atoms with E-state index < -0.39 is 0 Å². The Bertz CT molecular complexity index is 1470. The molecule has 1 N–H and O–H groups in total. The summed E-state index contributed by atoms with van der Waals surface area (Å²) in [6, 6.07) is 19.0. The van der Waals surface area contributed by atoms with E-state index in [1.54, 1.807) is 18.3 Å². The second-order valence-corrected chi connectivity index (χ2v) is 9.76. The summed E-state index contributed by atoms with van der Waals surface area (Å²) < 4.78 is 21.2. The summed E-state index contributed by atoms with van der Waals surface area (Å²) in [5.41, 5.74) is 4.80. The molecule has 2 aliphatic rings. The summed E-state index contributed by atoms with van der Waals surface area (Å²) in [6.45, 7) is 5.95. The molecule has 2 aliphatic heterocycles. The van der Waals surface area contributed by atoms with Gasteiger partial charge >= 0.3 is 0 Å². The van der Waals surface area contributed by atoms with Crippen LogP contribution in [0.2, 0.25) is 0 Å². The molecule has 8 nitrogen and oxygen atoms in total. The van der Waals surface area contributed by atoms with Crippen LogP contribution in [0.3, 0.4) is 0 Å². The first-order chi connectivity index (χ1) is 18.7. The number of benzene rings is 2. The van der Waals surface area contributed by atoms with Crippen LogP contribution >= 0.6 is 0 Å². The first kappa shape index (κ1) is 24.3. The number of ether oxygens (including phenoxy) is 1. The molecule has 2 fully saturated rings. The lowest BCUT2D eigenvalue weighted by Crippen LogP contribution is -2.39. The number of nitriles is 1. The van der Waals surface area contributed by atoms with Gasteiger partial charge in [0.05, 0.1) is 42.4 Å². The minimum absolute atomic E-state index is 0.0793. The third kappa shape index (κ3) is 4.93. The highest BCUT2D eigenvalue weighted by atomic mass is 19.1. The molecule has 1 unspecified atom stereocenters. The Kier molecular flexibility index (Phi) is 6.90. The number of morpholine rings is 1. The van der Waals surface area contributed by atoms with Crippen molar-refractivity contribution in [1.82, 2.24) is 19.5 Å². The third-order valence-electron chi connectivity index (χ3n) is 7.41. The molecule has 4 aromatic rings. The van der Waals surface area contributed by atoms with Crippen LogP contribution < -0.4 is 10.2 Å². The van der Waals surface area contributed by atoms with Gasteiger partial charge < -0.3 is 15.0 Å². The summed E-state index contributed by atoms with van der Waals surface area (Å²) in [5, 5.41) is 18.2. The van der Waals surface area contributed by atoms with Crippen molar-refractivity contribution < 1.29 is 9.13 Å². The zero-order chi connectivity index (χ0) is 25.9. The zero-order valence-electron chi connectivity index (χ0n) is 21.2. The number of hydrogen-bond acceptors (Lipinski definition) is 7. The van der Waals surface area contributed by atoms with Crippen LogP contribution in [0.4, 0.5) is 15.9 Å². The van der Waals surface area contributed by atoms with Gasteiger partial charge in [0, 0.05) is 38.3 Å². The van der Waals surface area contributed by atoms with Crippen molar-refractivity contribution in [2.45, 2.75) is 18.9 Å². The average molecular weight is 512 g/mol. The Balaban J connectivity index is 1.24. The SMILES string of the molecule is N#Cc1cc(-c2cnc3ccc(N4CCCC4c4cccc(F)c4)nn23)ccc1NCCN1CCOCC1. The topological polar surface area (TPSA) is 81.7 Å². The van der Waals surface area contributed by atoms with Gasteiger partial charge in [0.15, 0.2) is 5.65 Å². The maximum absolute atomic E-state index is 13.9. The summed E-state index contributed by atoms with van der Waals surface area (Å²) >= 11 is 0. The van der Waals surface area contributed by atoms with Gasteiger partial charge in [0.2, 0.25) is 0 Å². The number of aromatic nitrogens is 3. The molecular weight excluding hydrogens is 481 g/mol. The number of anilines is 2. The van der Waals surface area contributed by atoms with Gasteiger partial charge in [-0.1, -0.05) is 18.2 Å². The van der Waals surface area contributed by atoms with E-state index in [9.17, 15) is 9.65 Å². The van der Waals surface area contributed by atoms with Crippen molar-refractivity contribution in [2.24, 2.45) is 0 Å². The molecule has 4 heterocycles. The average Bonchev–Trinajstić information content (AvgIpc) is 3.61. The first-order valence-electron chi connectivity index (χ1n) is 13.1. The molecule has 0 saturated carbocycles. The van der Waals surface area contributed by atoms with Gasteiger partial charge in [0.1, 0.15) is 17.7 Å². The highest BCUT2D eigenvalue weighted by molar-refractivity contribution is 5.70. The Morgan fingerprint density at radius 3 is 2.82 bits per heavy atom. The number of rotatable bonds is 7. The van der Waals surface area contributed by atoms with Crippen molar-refractivity contribution >= 4 is 17.2 Å². The predicted octanol–water partition coefficient (Wildman–Crippen LogP) is 4.49. The Labute approximate surface area is 221 Å². The van der Waals surface area contributed by atoms with Gasteiger partial charge in [0.25, 0.3) is 0 Å². The second kappa shape index (κ2) is 10.8. The number of fused-ring (bicyclic) bond motifs is 1. The van der Waals surface area contributed by atoms with Gasteiger partial charge in [-0.05, 0) is 54.8 Å². The second-order valence-electron chi connectivity index (χ2n) is 9.76. The Morgan fingerprint density at radius 1 is 1.08 bits per heavy atom. The summed E-state index contributed by atoms with van der Waals surface area (Å²) in [7, 11) is 0. The van der Waals surface area contributed by atoms with Crippen LogP contribution in [-0.4, -0.2) is 65.4 Å². The quantitative estimate of drug-likeness (QED) is 0.391. The van der Waals surface area contributed by atoms with Crippen molar-refractivity contribution in [3.05, 3.63) is 77.7 Å². The molecule has 1 atom stereocenters. The van der Waals surface area contributed by atoms with Crippen LogP contribution in [0, 0.1) is 17.1 Å². The predicted molar refractivity (Wildman–Crippen MR) is 145 cm³/mol. The van der Waals surface area contributed by atoms with Crippen LogP contribution in [0.1, 0.15) is 30.0 Å². The first-order valence-corrected chi connectivity index (χ1v) is 13.1. The standard InChI is InChI=1S/C29H30FN7O/c30-24-4-1-3-21(18-24)26-5-2-11-36(26)29-9-8-28-33-20-27(37(28)34-29)22-6-7-25(23(17-22)19-31)32-10-12-35-13-15-38-16-14-35/h1,3-4,6-9,17-18,20,26,32H,2,5,10-16H2. The fourth-order valence-electron chi connectivity index (χ4n) is 5.44. The molecule has 9 heteroatoms. The molecule has 0 amide bonds. The molecule has 38 heavy (non-hydrogen) atoms. The van der Waals surface area contributed by atoms with Crippen molar-refractivity contribution in [2.75, 3.05) is 56.2 Å². The molecule has 2 aromatic carbocycles.